The highest BCUT2D eigenvalue weighted by atomic mass is 35.5. The Morgan fingerprint density at radius 2 is 2.03 bits per heavy atom. The minimum absolute atomic E-state index is 0.221. The van der Waals surface area contributed by atoms with Gasteiger partial charge in [0.05, 0.1) is 30.9 Å². The molecule has 6 nitrogen and oxygen atoms in total. The molecule has 0 bridgehead atoms. The summed E-state index contributed by atoms with van der Waals surface area (Å²) in [4.78, 5) is 12.5. The van der Waals surface area contributed by atoms with Crippen molar-refractivity contribution >= 4 is 23.5 Å². The van der Waals surface area contributed by atoms with Crippen molar-refractivity contribution < 1.29 is 9.57 Å². The lowest BCUT2D eigenvalue weighted by Crippen LogP contribution is -2.51. The van der Waals surface area contributed by atoms with Gasteiger partial charge in [0.1, 0.15) is 12.4 Å². The average molecular weight is 477 g/mol. The first kappa shape index (κ1) is 22.5. The zero-order valence-electron chi connectivity index (χ0n) is 19.7. The number of ether oxygens (including phenoxy) is 1. The van der Waals surface area contributed by atoms with Crippen LogP contribution in [0.25, 0.3) is 11.8 Å². The second-order valence-electron chi connectivity index (χ2n) is 8.94. The van der Waals surface area contributed by atoms with Crippen LogP contribution in [0.2, 0.25) is 5.02 Å². The van der Waals surface area contributed by atoms with Crippen molar-refractivity contribution in [3.8, 4) is 11.4 Å². The third kappa shape index (κ3) is 4.42. The van der Waals surface area contributed by atoms with E-state index in [9.17, 15) is 0 Å². The van der Waals surface area contributed by atoms with Crippen molar-refractivity contribution in [1.29, 1.82) is 0 Å². The maximum absolute atomic E-state index is 6.10. The maximum Gasteiger partial charge on any atom is 0.171 e. The summed E-state index contributed by atoms with van der Waals surface area (Å²) in [5.41, 5.74) is 5.45. The van der Waals surface area contributed by atoms with Crippen molar-refractivity contribution in [2.45, 2.75) is 38.6 Å². The van der Waals surface area contributed by atoms with E-state index >= 15 is 0 Å². The second kappa shape index (κ2) is 9.55. The van der Waals surface area contributed by atoms with Crippen molar-refractivity contribution in [1.82, 2.24) is 14.5 Å². The van der Waals surface area contributed by atoms with Gasteiger partial charge in [0.15, 0.2) is 5.84 Å². The fourth-order valence-electron chi connectivity index (χ4n) is 4.83. The highest BCUT2D eigenvalue weighted by Crippen LogP contribution is 2.33. The first-order valence-electron chi connectivity index (χ1n) is 11.7. The van der Waals surface area contributed by atoms with E-state index in [0.29, 0.717) is 12.5 Å². The summed E-state index contributed by atoms with van der Waals surface area (Å²) in [6.45, 7) is 5.78. The minimum Gasteiger partial charge on any atom is -0.495 e. The fraction of sp³-hybridized carbons (Fsp3) is 0.333. The quantitative estimate of drug-likeness (QED) is 0.464. The molecule has 3 aromatic rings. The van der Waals surface area contributed by atoms with Gasteiger partial charge >= 0.3 is 0 Å². The molecule has 1 aromatic heterocycles. The van der Waals surface area contributed by atoms with Crippen molar-refractivity contribution in [3.05, 3.63) is 82.4 Å². The lowest BCUT2D eigenvalue weighted by molar-refractivity contribution is 0.0489. The second-order valence-corrected chi connectivity index (χ2v) is 9.37. The number of piperidine rings is 1. The smallest absolute Gasteiger partial charge is 0.171 e. The molecular formula is C27H29ClN4O2. The van der Waals surface area contributed by atoms with Gasteiger partial charge in [-0.05, 0) is 66.8 Å². The Balaban J connectivity index is 1.42. The number of methoxy groups -OCH3 is 1. The Labute approximate surface area is 205 Å². The normalized spacial score (nSPS) is 19.9. The third-order valence-electron chi connectivity index (χ3n) is 6.71. The number of rotatable bonds is 5. The van der Waals surface area contributed by atoms with E-state index in [1.807, 2.05) is 29.8 Å². The molecule has 0 N–H and O–H groups in total. The third-order valence-corrected chi connectivity index (χ3v) is 6.96. The van der Waals surface area contributed by atoms with Crippen LogP contribution >= 0.6 is 11.6 Å². The van der Waals surface area contributed by atoms with Gasteiger partial charge in [0, 0.05) is 23.7 Å². The van der Waals surface area contributed by atoms with Gasteiger partial charge in [-0.2, -0.15) is 0 Å². The van der Waals surface area contributed by atoms with E-state index in [0.717, 1.165) is 52.9 Å². The van der Waals surface area contributed by atoms with Crippen LogP contribution in [-0.4, -0.2) is 46.6 Å². The Kier molecular flexibility index (Phi) is 6.33. The molecule has 2 unspecified atom stereocenters. The van der Waals surface area contributed by atoms with Gasteiger partial charge in [0.25, 0.3) is 0 Å². The van der Waals surface area contributed by atoms with Crippen LogP contribution in [0, 0.1) is 6.92 Å². The van der Waals surface area contributed by atoms with E-state index in [-0.39, 0.29) is 6.04 Å². The fourth-order valence-corrected chi connectivity index (χ4v) is 4.96. The Morgan fingerprint density at radius 1 is 1.21 bits per heavy atom. The monoisotopic (exact) mass is 476 g/mol. The van der Waals surface area contributed by atoms with Crippen molar-refractivity contribution in [3.63, 3.8) is 0 Å². The molecule has 2 aliphatic rings. The molecule has 0 amide bonds. The largest absolute Gasteiger partial charge is 0.495 e. The molecule has 1 fully saturated rings. The number of nitrogens with zero attached hydrogens (tertiary/aromatic N) is 4. The molecule has 0 radical (unpaired) electrons. The van der Waals surface area contributed by atoms with Gasteiger partial charge in [-0.25, -0.2) is 4.98 Å². The zero-order valence-corrected chi connectivity index (χ0v) is 20.5. The highest BCUT2D eigenvalue weighted by molar-refractivity contribution is 6.30. The molecular weight excluding hydrogens is 448 g/mol. The average Bonchev–Trinajstić information content (AvgIpc) is 3.30. The van der Waals surface area contributed by atoms with E-state index in [2.05, 4.69) is 58.4 Å². The number of fused-ring (bicyclic) bond motifs is 1. The highest BCUT2D eigenvalue weighted by Gasteiger charge is 2.35. The summed E-state index contributed by atoms with van der Waals surface area (Å²) < 4.78 is 7.68. The van der Waals surface area contributed by atoms with Crippen LogP contribution in [0.1, 0.15) is 42.5 Å². The van der Waals surface area contributed by atoms with Crippen LogP contribution in [0.3, 0.4) is 0 Å². The van der Waals surface area contributed by atoms with Crippen LogP contribution in [0.5, 0.6) is 5.75 Å². The number of hydrogen-bond acceptors (Lipinski definition) is 5. The van der Waals surface area contributed by atoms with Crippen LogP contribution < -0.4 is 4.74 Å². The first-order valence-corrected chi connectivity index (χ1v) is 12.0. The van der Waals surface area contributed by atoms with Gasteiger partial charge in [0.2, 0.25) is 0 Å². The summed E-state index contributed by atoms with van der Waals surface area (Å²) in [6, 6.07) is 14.6. The van der Waals surface area contributed by atoms with E-state index in [1.54, 1.807) is 13.4 Å². The molecule has 2 aromatic carbocycles. The predicted molar refractivity (Wildman–Crippen MR) is 136 cm³/mol. The summed E-state index contributed by atoms with van der Waals surface area (Å²) in [7, 11) is 1.70. The Bertz CT molecular complexity index is 1230. The van der Waals surface area contributed by atoms with Crippen molar-refractivity contribution in [2.75, 3.05) is 20.3 Å². The maximum atomic E-state index is 6.10. The number of benzene rings is 2. The molecule has 0 saturated carbocycles. The lowest BCUT2D eigenvalue weighted by atomic mass is 9.89. The van der Waals surface area contributed by atoms with E-state index < -0.39 is 0 Å². The summed E-state index contributed by atoms with van der Waals surface area (Å²) in [5.74, 6) is 2.03. The molecule has 2 aliphatic heterocycles. The van der Waals surface area contributed by atoms with E-state index in [1.165, 1.54) is 11.1 Å². The summed E-state index contributed by atoms with van der Waals surface area (Å²) >= 11 is 6.10. The van der Waals surface area contributed by atoms with Gasteiger partial charge in [-0.3, -0.25) is 0 Å². The number of amidine groups is 1. The van der Waals surface area contributed by atoms with Gasteiger partial charge in [-0.1, -0.05) is 41.9 Å². The molecule has 0 aliphatic carbocycles. The molecule has 34 heavy (non-hydrogen) atoms. The summed E-state index contributed by atoms with van der Waals surface area (Å²) in [6.07, 6.45) is 8.05. The van der Waals surface area contributed by atoms with Crippen LogP contribution in [0.15, 0.2) is 65.7 Å². The lowest BCUT2D eigenvalue weighted by Gasteiger charge is -2.42. The zero-order chi connectivity index (χ0) is 23.7. The molecule has 2 atom stereocenters. The Morgan fingerprint density at radius 3 is 2.76 bits per heavy atom. The molecule has 1 saturated heterocycles. The van der Waals surface area contributed by atoms with Gasteiger partial charge in [-0.15, -0.1) is 0 Å². The number of hydrogen-bond donors (Lipinski definition) is 0. The molecule has 5 rings (SSSR count). The number of aryl methyl sites for hydroxylation is 1. The van der Waals surface area contributed by atoms with E-state index in [4.69, 9.17) is 21.2 Å². The predicted octanol–water partition coefficient (Wildman–Crippen LogP) is 5.84. The number of imidazole rings is 1. The van der Waals surface area contributed by atoms with Crippen LogP contribution in [-0.2, 0) is 4.84 Å². The minimum atomic E-state index is 0.221. The van der Waals surface area contributed by atoms with Crippen LogP contribution in [0.4, 0.5) is 0 Å². The molecule has 0 spiro atoms. The number of halogens is 1. The van der Waals surface area contributed by atoms with Gasteiger partial charge < -0.3 is 19.0 Å². The molecule has 3 heterocycles. The van der Waals surface area contributed by atoms with Crippen molar-refractivity contribution in [2.24, 2.45) is 5.16 Å². The standard InChI is InChI=1S/C27H29ClN4O2/c1-18-15-31(17-29-18)24-11-6-20(14-26(24)33-3)13-22-5-4-12-32-25(16-34-30-27(22)32)19(2)21-7-9-23(28)10-8-21/h6-11,13-15,17,19,25H,4-5,12,16H2,1-3H3/b22-13+. The first-order chi connectivity index (χ1) is 16.5. The number of aromatic nitrogens is 2. The summed E-state index contributed by atoms with van der Waals surface area (Å²) in [5, 5.41) is 5.24. The SMILES string of the molecule is COc1cc(/C=C2\CCCN3C2=NOCC3C(C)c2ccc(Cl)cc2)ccc1-n1cnc(C)c1. The topological polar surface area (TPSA) is 51.9 Å². The molecule has 7 heteroatoms. The molecule has 176 valence electrons. The Hall–Kier alpha value is -3.25. The number of oxime groups is 1.